The number of amides is 1. The molecular weight excluding hydrogens is 214 g/mol. The molecule has 0 aromatic carbocycles. The van der Waals surface area contributed by atoms with Crippen LogP contribution in [-0.2, 0) is 4.79 Å². The van der Waals surface area contributed by atoms with E-state index in [-0.39, 0.29) is 5.91 Å². The fourth-order valence-corrected chi connectivity index (χ4v) is 3.00. The van der Waals surface area contributed by atoms with Crippen LogP contribution >= 0.6 is 0 Å². The molecule has 0 saturated carbocycles. The molecule has 2 heterocycles. The molecule has 17 heavy (non-hydrogen) atoms. The Balaban J connectivity index is 1.66. The summed E-state index contributed by atoms with van der Waals surface area (Å²) in [6.45, 7) is 4.68. The van der Waals surface area contributed by atoms with Crippen LogP contribution in [0.3, 0.4) is 0 Å². The largest absolute Gasteiger partial charge is 0.349 e. The molecule has 2 fully saturated rings. The predicted molar refractivity (Wildman–Crippen MR) is 68.9 cm³/mol. The summed E-state index contributed by atoms with van der Waals surface area (Å²) in [5.41, 5.74) is 0. The van der Waals surface area contributed by atoms with Gasteiger partial charge in [0.2, 0.25) is 5.91 Å². The number of rotatable bonds is 4. The highest BCUT2D eigenvalue weighted by Crippen LogP contribution is 2.24. The van der Waals surface area contributed by atoms with Crippen LogP contribution in [0.1, 0.15) is 25.7 Å². The first-order valence-corrected chi connectivity index (χ1v) is 6.82. The lowest BCUT2D eigenvalue weighted by Gasteiger charge is -2.24. The highest BCUT2D eigenvalue weighted by atomic mass is 16.2. The molecule has 4 heteroatoms. The van der Waals surface area contributed by atoms with Gasteiger partial charge in [0.05, 0.1) is 0 Å². The molecular formula is C13H25N3O. The van der Waals surface area contributed by atoms with Crippen molar-refractivity contribution >= 4 is 5.91 Å². The van der Waals surface area contributed by atoms with Crippen molar-refractivity contribution in [3.63, 3.8) is 0 Å². The number of hydrogen-bond acceptors (Lipinski definition) is 3. The second-order valence-corrected chi connectivity index (χ2v) is 5.61. The standard InChI is InChI=1S/C13H25N3O/c1-15(2)13(17)6-4-8-16-9-11-5-3-7-14-12(11)10-16/h11-12,14H,3-10H2,1-2H3. The average molecular weight is 239 g/mol. The molecule has 1 amide bonds. The maximum absolute atomic E-state index is 11.5. The van der Waals surface area contributed by atoms with Crippen molar-refractivity contribution in [3.8, 4) is 0 Å². The molecule has 2 unspecified atom stereocenters. The molecule has 2 atom stereocenters. The molecule has 0 spiro atoms. The van der Waals surface area contributed by atoms with E-state index >= 15 is 0 Å². The topological polar surface area (TPSA) is 35.6 Å². The summed E-state index contributed by atoms with van der Waals surface area (Å²) in [7, 11) is 3.66. The third kappa shape index (κ3) is 3.42. The van der Waals surface area contributed by atoms with E-state index in [0.29, 0.717) is 12.5 Å². The number of nitrogens with zero attached hydrogens (tertiary/aromatic N) is 2. The summed E-state index contributed by atoms with van der Waals surface area (Å²) < 4.78 is 0. The number of carbonyl (C=O) groups is 1. The SMILES string of the molecule is CN(C)C(=O)CCCN1CC2CCCNC2C1. The second kappa shape index (κ2) is 5.83. The molecule has 2 saturated heterocycles. The van der Waals surface area contributed by atoms with Gasteiger partial charge >= 0.3 is 0 Å². The van der Waals surface area contributed by atoms with Crippen LogP contribution in [0.5, 0.6) is 0 Å². The van der Waals surface area contributed by atoms with Crippen molar-refractivity contribution in [3.05, 3.63) is 0 Å². The molecule has 0 aromatic heterocycles. The Kier molecular flexibility index (Phi) is 4.40. The maximum Gasteiger partial charge on any atom is 0.222 e. The van der Waals surface area contributed by atoms with Gasteiger partial charge in [-0.15, -0.1) is 0 Å². The van der Waals surface area contributed by atoms with E-state index in [1.54, 1.807) is 4.90 Å². The van der Waals surface area contributed by atoms with Gasteiger partial charge in [0.15, 0.2) is 0 Å². The van der Waals surface area contributed by atoms with E-state index in [4.69, 9.17) is 0 Å². The maximum atomic E-state index is 11.5. The van der Waals surface area contributed by atoms with Crippen molar-refractivity contribution in [1.29, 1.82) is 0 Å². The molecule has 0 aromatic rings. The Labute approximate surface area is 104 Å². The lowest BCUT2D eigenvalue weighted by molar-refractivity contribution is -0.128. The van der Waals surface area contributed by atoms with E-state index in [0.717, 1.165) is 18.9 Å². The lowest BCUT2D eigenvalue weighted by Crippen LogP contribution is -2.40. The number of carbonyl (C=O) groups excluding carboxylic acids is 1. The number of nitrogens with one attached hydrogen (secondary N) is 1. The quantitative estimate of drug-likeness (QED) is 0.778. The zero-order valence-corrected chi connectivity index (χ0v) is 11.1. The van der Waals surface area contributed by atoms with Crippen LogP contribution < -0.4 is 5.32 Å². The molecule has 98 valence electrons. The van der Waals surface area contributed by atoms with Gasteiger partial charge in [0, 0.05) is 39.6 Å². The normalized spacial score (nSPS) is 29.1. The van der Waals surface area contributed by atoms with Crippen molar-refractivity contribution in [1.82, 2.24) is 15.1 Å². The summed E-state index contributed by atoms with van der Waals surface area (Å²) in [6, 6.07) is 0.716. The summed E-state index contributed by atoms with van der Waals surface area (Å²) in [6.07, 6.45) is 4.39. The van der Waals surface area contributed by atoms with Crippen LogP contribution in [0.15, 0.2) is 0 Å². The number of piperidine rings is 1. The molecule has 0 bridgehead atoms. The Morgan fingerprint density at radius 3 is 2.94 bits per heavy atom. The number of fused-ring (bicyclic) bond motifs is 1. The Bertz CT molecular complexity index is 253. The van der Waals surface area contributed by atoms with Crippen LogP contribution in [-0.4, -0.2) is 62.0 Å². The first-order chi connectivity index (χ1) is 8.16. The fraction of sp³-hybridized carbons (Fsp3) is 0.923. The summed E-state index contributed by atoms with van der Waals surface area (Å²) in [5.74, 6) is 1.10. The molecule has 2 aliphatic heterocycles. The fourth-order valence-electron chi connectivity index (χ4n) is 3.00. The summed E-state index contributed by atoms with van der Waals surface area (Å²) in [4.78, 5) is 15.7. The highest BCUT2D eigenvalue weighted by molar-refractivity contribution is 5.75. The van der Waals surface area contributed by atoms with Crippen molar-refractivity contribution in [2.45, 2.75) is 31.7 Å². The van der Waals surface area contributed by atoms with Crippen molar-refractivity contribution in [2.24, 2.45) is 5.92 Å². The van der Waals surface area contributed by atoms with Crippen LogP contribution in [0.2, 0.25) is 0 Å². The Hall–Kier alpha value is -0.610. The first kappa shape index (κ1) is 12.8. The van der Waals surface area contributed by atoms with Gasteiger partial charge in [0.25, 0.3) is 0 Å². The summed E-state index contributed by atoms with van der Waals surface area (Å²) >= 11 is 0. The minimum Gasteiger partial charge on any atom is -0.349 e. The average Bonchev–Trinajstić information content (AvgIpc) is 2.71. The molecule has 1 N–H and O–H groups in total. The number of likely N-dealkylation sites (tertiary alicyclic amines) is 1. The van der Waals surface area contributed by atoms with Crippen LogP contribution in [0, 0.1) is 5.92 Å². The minimum absolute atomic E-state index is 0.250. The zero-order valence-electron chi connectivity index (χ0n) is 11.1. The predicted octanol–water partition coefficient (Wildman–Crippen LogP) is 0.539. The van der Waals surface area contributed by atoms with Gasteiger partial charge < -0.3 is 15.1 Å². The van der Waals surface area contributed by atoms with Gasteiger partial charge in [0.1, 0.15) is 0 Å². The van der Waals surface area contributed by atoms with E-state index in [1.165, 1.54) is 32.5 Å². The van der Waals surface area contributed by atoms with E-state index in [1.807, 2.05) is 14.1 Å². The number of hydrogen-bond donors (Lipinski definition) is 1. The van der Waals surface area contributed by atoms with Gasteiger partial charge in [-0.3, -0.25) is 4.79 Å². The Morgan fingerprint density at radius 2 is 2.24 bits per heavy atom. The second-order valence-electron chi connectivity index (χ2n) is 5.61. The van der Waals surface area contributed by atoms with E-state index in [9.17, 15) is 4.79 Å². The minimum atomic E-state index is 0.250. The van der Waals surface area contributed by atoms with Crippen molar-refractivity contribution in [2.75, 3.05) is 40.3 Å². The van der Waals surface area contributed by atoms with Crippen LogP contribution in [0.25, 0.3) is 0 Å². The molecule has 4 nitrogen and oxygen atoms in total. The van der Waals surface area contributed by atoms with Gasteiger partial charge in [-0.25, -0.2) is 0 Å². The molecule has 0 aliphatic carbocycles. The van der Waals surface area contributed by atoms with Gasteiger partial charge in [-0.05, 0) is 38.3 Å². The van der Waals surface area contributed by atoms with Crippen LogP contribution in [0.4, 0.5) is 0 Å². The van der Waals surface area contributed by atoms with E-state index < -0.39 is 0 Å². The Morgan fingerprint density at radius 1 is 1.41 bits per heavy atom. The zero-order chi connectivity index (χ0) is 12.3. The molecule has 0 radical (unpaired) electrons. The first-order valence-electron chi connectivity index (χ1n) is 6.82. The molecule has 2 aliphatic rings. The summed E-state index contributed by atoms with van der Waals surface area (Å²) in [5, 5.41) is 3.61. The third-order valence-electron chi connectivity index (χ3n) is 4.04. The monoisotopic (exact) mass is 239 g/mol. The van der Waals surface area contributed by atoms with Crippen molar-refractivity contribution < 1.29 is 4.79 Å². The smallest absolute Gasteiger partial charge is 0.222 e. The third-order valence-corrected chi connectivity index (χ3v) is 4.04. The van der Waals surface area contributed by atoms with Gasteiger partial charge in [-0.2, -0.15) is 0 Å². The highest BCUT2D eigenvalue weighted by Gasteiger charge is 2.33. The lowest BCUT2D eigenvalue weighted by atomic mass is 9.94. The van der Waals surface area contributed by atoms with Gasteiger partial charge in [-0.1, -0.05) is 0 Å². The van der Waals surface area contributed by atoms with E-state index in [2.05, 4.69) is 10.2 Å². The molecule has 2 rings (SSSR count).